The van der Waals surface area contributed by atoms with Crippen molar-refractivity contribution in [2.24, 2.45) is 17.3 Å². The van der Waals surface area contributed by atoms with Crippen LogP contribution in [0.25, 0.3) is 44.5 Å². The minimum atomic E-state index is -0.712. The molecule has 3 amide bonds. The fourth-order valence-corrected chi connectivity index (χ4v) is 9.50. The molecule has 3 fully saturated rings. The van der Waals surface area contributed by atoms with Gasteiger partial charge in [0.1, 0.15) is 30.9 Å². The van der Waals surface area contributed by atoms with Crippen LogP contribution in [0.4, 0.5) is 9.59 Å². The lowest BCUT2D eigenvalue weighted by Crippen LogP contribution is -2.51. The molecule has 1 saturated carbocycles. The maximum atomic E-state index is 13.8. The normalized spacial score (nSPS) is 18.4. The Hall–Kier alpha value is -6.21. The first-order valence-corrected chi connectivity index (χ1v) is 24.3. The number of hydroxylamine groups is 2. The molecule has 5 aromatic rings. The SMILES string of the molecule is COCCOc1c(-c2ccc(-c3ccc4nc([C@@H]5CCCN5C(=O)[C@@H](NC(=O)OC)C(C)C)[nH]c4c3)cc2)ccc(-c2cnc([C@@H]3CC4(CC4)CN3OC[C@@H](NC(=O)OC)C(C)C)[nH]2)c1OCCOC. The highest BCUT2D eigenvalue weighted by molar-refractivity contribution is 5.87. The van der Waals surface area contributed by atoms with Crippen molar-refractivity contribution in [3.63, 3.8) is 0 Å². The molecule has 70 heavy (non-hydrogen) atoms. The van der Waals surface area contributed by atoms with E-state index in [-0.39, 0.29) is 47.9 Å². The number of nitrogens with one attached hydrogen (secondary N) is 4. The Morgan fingerprint density at radius 2 is 1.41 bits per heavy atom. The number of hydrogen-bond donors (Lipinski definition) is 4. The number of amides is 3. The number of ether oxygens (including phenoxy) is 6. The van der Waals surface area contributed by atoms with E-state index in [2.05, 4.69) is 57.0 Å². The van der Waals surface area contributed by atoms with Gasteiger partial charge in [-0.2, -0.15) is 5.06 Å². The first kappa shape index (κ1) is 50.2. The summed E-state index contributed by atoms with van der Waals surface area (Å²) < 4.78 is 33.6. The highest BCUT2D eigenvalue weighted by atomic mass is 16.7. The molecule has 376 valence electrons. The first-order chi connectivity index (χ1) is 33.8. The summed E-state index contributed by atoms with van der Waals surface area (Å²) in [5.74, 6) is 2.49. The predicted molar refractivity (Wildman–Crippen MR) is 263 cm³/mol. The second kappa shape index (κ2) is 22.3. The monoisotopic (exact) mass is 965 g/mol. The number of imidazole rings is 2. The van der Waals surface area contributed by atoms with Gasteiger partial charge >= 0.3 is 12.2 Å². The highest BCUT2D eigenvalue weighted by Crippen LogP contribution is 2.58. The molecule has 0 unspecified atom stereocenters. The van der Waals surface area contributed by atoms with Crippen LogP contribution < -0.4 is 20.1 Å². The van der Waals surface area contributed by atoms with Gasteiger partial charge in [0.15, 0.2) is 11.5 Å². The van der Waals surface area contributed by atoms with Gasteiger partial charge in [0.25, 0.3) is 0 Å². The van der Waals surface area contributed by atoms with Gasteiger partial charge < -0.3 is 53.9 Å². The molecule has 8 rings (SSSR count). The van der Waals surface area contributed by atoms with Gasteiger partial charge in [-0.15, -0.1) is 0 Å². The Bertz CT molecular complexity index is 2590. The zero-order chi connectivity index (χ0) is 49.5. The number of rotatable bonds is 21. The minimum absolute atomic E-state index is 0.111. The second-order valence-electron chi connectivity index (χ2n) is 19.2. The van der Waals surface area contributed by atoms with Crippen LogP contribution in [0.5, 0.6) is 11.5 Å². The quantitative estimate of drug-likeness (QED) is 0.0513. The van der Waals surface area contributed by atoms with E-state index in [9.17, 15) is 14.4 Å². The Morgan fingerprint density at radius 3 is 2.07 bits per heavy atom. The van der Waals surface area contributed by atoms with Crippen LogP contribution in [-0.2, 0) is 28.6 Å². The molecule has 4 N–H and O–H groups in total. The molecule has 1 aliphatic carbocycles. The van der Waals surface area contributed by atoms with Crippen molar-refractivity contribution >= 4 is 29.1 Å². The number of benzene rings is 3. The van der Waals surface area contributed by atoms with Crippen molar-refractivity contribution in [2.75, 3.05) is 74.6 Å². The molecule has 3 aliphatic rings. The Labute approximate surface area is 409 Å². The number of nitrogens with zero attached hydrogens (tertiary/aromatic N) is 4. The van der Waals surface area contributed by atoms with Crippen LogP contribution in [0.3, 0.4) is 0 Å². The lowest BCUT2D eigenvalue weighted by molar-refractivity contribution is -0.180. The van der Waals surface area contributed by atoms with Gasteiger partial charge in [-0.25, -0.2) is 19.6 Å². The molecule has 4 atom stereocenters. The number of aromatic amines is 2. The average Bonchev–Trinajstić information content (AvgIpc) is 3.84. The van der Waals surface area contributed by atoms with E-state index in [4.69, 9.17) is 43.2 Å². The standard InChI is InChI=1S/C52H68N8O10/c1-31(2)41(57-50(62)66-7)29-70-60-30-52(19-20-52)27-43(60)47-53-28-40(56-47)37-17-16-36(45(68-24-22-64-5)46(37)69-25-23-65-6)34-13-11-33(12-14-34)35-15-18-38-39(26-35)55-48(54-38)42-10-9-21-59(42)49(61)44(32(3)4)58-51(63)67-8/h11-18,26,28,31-32,41-44H,9-10,19-25,27,29-30H2,1-8H3,(H,53,56)(H,54,55)(H,57,62)(H,58,63)/t41-,42+,43+,44+/m1/s1. The predicted octanol–water partition coefficient (Wildman–Crippen LogP) is 8.22. The van der Waals surface area contributed by atoms with Crippen molar-refractivity contribution in [1.82, 2.24) is 40.5 Å². The lowest BCUT2D eigenvalue weighted by atomic mass is 9.97. The average molecular weight is 965 g/mol. The number of H-pyrrole nitrogens is 2. The van der Waals surface area contributed by atoms with Gasteiger partial charge in [0, 0.05) is 38.4 Å². The lowest BCUT2D eigenvalue weighted by Gasteiger charge is -2.29. The first-order valence-electron chi connectivity index (χ1n) is 24.3. The van der Waals surface area contributed by atoms with Crippen LogP contribution in [0.15, 0.2) is 60.8 Å². The van der Waals surface area contributed by atoms with Gasteiger partial charge in [0.2, 0.25) is 5.91 Å². The Kier molecular flexibility index (Phi) is 16.0. The summed E-state index contributed by atoms with van der Waals surface area (Å²) in [5, 5.41) is 7.66. The molecular formula is C52H68N8O10. The van der Waals surface area contributed by atoms with Crippen molar-refractivity contribution in [3.05, 3.63) is 72.4 Å². The summed E-state index contributed by atoms with van der Waals surface area (Å²) in [6.07, 6.45) is 5.49. The number of methoxy groups -OCH3 is 4. The summed E-state index contributed by atoms with van der Waals surface area (Å²) in [4.78, 5) is 63.3. The van der Waals surface area contributed by atoms with Crippen LogP contribution >= 0.6 is 0 Å². The summed E-state index contributed by atoms with van der Waals surface area (Å²) in [6, 6.07) is 17.2. The molecule has 18 nitrogen and oxygen atoms in total. The van der Waals surface area contributed by atoms with Crippen LogP contribution in [-0.4, -0.2) is 135 Å². The number of carbonyl (C=O) groups is 3. The van der Waals surface area contributed by atoms with Gasteiger partial charge in [-0.1, -0.05) is 58.0 Å². The number of carbonyl (C=O) groups excluding carboxylic acids is 3. The molecule has 2 aliphatic heterocycles. The largest absolute Gasteiger partial charge is 0.487 e. The molecule has 2 aromatic heterocycles. The van der Waals surface area contributed by atoms with Crippen molar-refractivity contribution in [3.8, 4) is 45.0 Å². The van der Waals surface area contributed by atoms with E-state index in [0.29, 0.717) is 44.5 Å². The molecule has 0 radical (unpaired) electrons. The number of likely N-dealkylation sites (tertiary alicyclic amines) is 1. The molecule has 2 saturated heterocycles. The van der Waals surface area contributed by atoms with Gasteiger partial charge in [-0.3, -0.25) is 9.63 Å². The molecular weight excluding hydrogens is 897 g/mol. The third kappa shape index (κ3) is 11.2. The van der Waals surface area contributed by atoms with E-state index < -0.39 is 18.2 Å². The molecule has 18 heteroatoms. The van der Waals surface area contributed by atoms with E-state index in [1.807, 2.05) is 62.1 Å². The van der Waals surface area contributed by atoms with Crippen LogP contribution in [0.1, 0.15) is 83.5 Å². The fraction of sp³-hybridized carbons (Fsp3) is 0.519. The number of alkyl carbamates (subject to hydrolysis) is 2. The Morgan fingerprint density at radius 1 is 0.757 bits per heavy atom. The minimum Gasteiger partial charge on any atom is -0.487 e. The summed E-state index contributed by atoms with van der Waals surface area (Å²) in [6.45, 7) is 10.9. The van der Waals surface area contributed by atoms with Crippen molar-refractivity contribution < 1.29 is 47.6 Å². The zero-order valence-electron chi connectivity index (χ0n) is 41.6. The molecule has 0 bridgehead atoms. The number of aromatic nitrogens is 4. The van der Waals surface area contributed by atoms with E-state index in [1.165, 1.54) is 14.2 Å². The fourth-order valence-electron chi connectivity index (χ4n) is 9.50. The van der Waals surface area contributed by atoms with Crippen LogP contribution in [0.2, 0.25) is 0 Å². The number of fused-ring (bicyclic) bond motifs is 1. The molecule has 3 aromatic carbocycles. The summed E-state index contributed by atoms with van der Waals surface area (Å²) in [5.41, 5.74) is 7.18. The third-order valence-electron chi connectivity index (χ3n) is 13.8. The maximum Gasteiger partial charge on any atom is 0.407 e. The third-order valence-corrected chi connectivity index (χ3v) is 13.8. The van der Waals surface area contributed by atoms with Crippen LogP contribution in [0, 0.1) is 17.3 Å². The maximum absolute atomic E-state index is 13.8. The van der Waals surface area contributed by atoms with Gasteiger partial charge in [0.05, 0.1) is 75.1 Å². The number of hydrogen-bond acceptors (Lipinski definition) is 13. The van der Waals surface area contributed by atoms with E-state index >= 15 is 0 Å². The van der Waals surface area contributed by atoms with E-state index in [0.717, 1.165) is 94.8 Å². The second-order valence-corrected chi connectivity index (χ2v) is 19.2. The Balaban J connectivity index is 1.05. The summed E-state index contributed by atoms with van der Waals surface area (Å²) >= 11 is 0. The van der Waals surface area contributed by atoms with Crippen molar-refractivity contribution in [2.45, 2.75) is 84.0 Å². The molecule has 4 heterocycles. The van der Waals surface area contributed by atoms with E-state index in [1.54, 1.807) is 14.2 Å². The molecule has 1 spiro atoms. The highest BCUT2D eigenvalue weighted by Gasteiger charge is 2.54. The zero-order valence-corrected chi connectivity index (χ0v) is 41.6. The topological polar surface area (TPSA) is 204 Å². The summed E-state index contributed by atoms with van der Waals surface area (Å²) in [7, 11) is 5.94. The van der Waals surface area contributed by atoms with Crippen molar-refractivity contribution in [1.29, 1.82) is 0 Å². The smallest absolute Gasteiger partial charge is 0.407 e. The van der Waals surface area contributed by atoms with Gasteiger partial charge in [-0.05, 0) is 90.3 Å².